The second-order valence-electron chi connectivity index (χ2n) is 6.38. The molecule has 5 nitrogen and oxygen atoms in total. The number of benzene rings is 3. The number of nitrogens with one attached hydrogen (secondary N) is 1. The number of carbonyl (C=O) groups is 1. The Morgan fingerprint density at radius 3 is 2.29 bits per heavy atom. The molecule has 0 bridgehead atoms. The number of aliphatic carboxylic acids is 1. The molecule has 3 rings (SSSR count). The summed E-state index contributed by atoms with van der Waals surface area (Å²) in [6.45, 7) is 0. The third kappa shape index (κ3) is 4.62. The van der Waals surface area contributed by atoms with E-state index in [0.717, 1.165) is 22.4 Å². The second-order valence-corrected chi connectivity index (χ2v) is 6.38. The summed E-state index contributed by atoms with van der Waals surface area (Å²) in [5.41, 5.74) is 3.71. The molecule has 3 aromatic rings. The van der Waals surface area contributed by atoms with Gasteiger partial charge in [0.1, 0.15) is 6.04 Å². The first kappa shape index (κ1) is 19.3. The van der Waals surface area contributed by atoms with E-state index >= 15 is 0 Å². The Morgan fingerprint density at radius 1 is 0.893 bits per heavy atom. The van der Waals surface area contributed by atoms with Crippen LogP contribution in [-0.4, -0.2) is 31.3 Å². The fraction of sp³-hybridized carbons (Fsp3) is 0.174. The van der Waals surface area contributed by atoms with Gasteiger partial charge in [-0.15, -0.1) is 0 Å². The van der Waals surface area contributed by atoms with Gasteiger partial charge in [0, 0.05) is 12.1 Å². The summed E-state index contributed by atoms with van der Waals surface area (Å²) < 4.78 is 10.5. The van der Waals surface area contributed by atoms with E-state index in [-0.39, 0.29) is 0 Å². The standard InChI is InChI=1S/C23H23NO4/c1-27-21-12-11-16(14-22(21)28-2)13-20(23(25)26)24-19-10-6-9-18(15-19)17-7-4-3-5-8-17/h3-12,14-15,20,24H,13H2,1-2H3,(H,25,26)/t20-/m0/s1. The molecule has 0 amide bonds. The van der Waals surface area contributed by atoms with Crippen molar-refractivity contribution >= 4 is 11.7 Å². The van der Waals surface area contributed by atoms with E-state index in [2.05, 4.69) is 5.32 Å². The van der Waals surface area contributed by atoms with Gasteiger partial charge in [-0.1, -0.05) is 48.5 Å². The number of ether oxygens (including phenoxy) is 2. The minimum absolute atomic E-state index is 0.311. The lowest BCUT2D eigenvalue weighted by atomic mass is 10.0. The first-order valence-corrected chi connectivity index (χ1v) is 8.96. The number of hydrogen-bond acceptors (Lipinski definition) is 4. The molecule has 5 heteroatoms. The molecule has 0 fully saturated rings. The number of methoxy groups -OCH3 is 2. The molecule has 0 saturated carbocycles. The van der Waals surface area contributed by atoms with Crippen LogP contribution >= 0.6 is 0 Å². The molecule has 0 aliphatic carbocycles. The Morgan fingerprint density at radius 2 is 1.61 bits per heavy atom. The fourth-order valence-electron chi connectivity index (χ4n) is 3.06. The molecule has 0 aromatic heterocycles. The molecule has 0 unspecified atom stereocenters. The van der Waals surface area contributed by atoms with Gasteiger partial charge in [-0.3, -0.25) is 0 Å². The van der Waals surface area contributed by atoms with Crippen molar-refractivity contribution in [3.8, 4) is 22.6 Å². The van der Waals surface area contributed by atoms with Crippen LogP contribution in [0.4, 0.5) is 5.69 Å². The monoisotopic (exact) mass is 377 g/mol. The largest absolute Gasteiger partial charge is 0.493 e. The summed E-state index contributed by atoms with van der Waals surface area (Å²) in [6.07, 6.45) is 0.311. The molecule has 0 saturated heterocycles. The predicted octanol–water partition coefficient (Wildman–Crippen LogP) is 4.48. The van der Waals surface area contributed by atoms with E-state index in [9.17, 15) is 9.90 Å². The number of rotatable bonds is 8. The molecular formula is C23H23NO4. The van der Waals surface area contributed by atoms with Crippen molar-refractivity contribution in [2.45, 2.75) is 12.5 Å². The second kappa shape index (κ2) is 8.95. The Labute approximate surface area is 164 Å². The molecule has 144 valence electrons. The van der Waals surface area contributed by atoms with Gasteiger partial charge in [-0.2, -0.15) is 0 Å². The van der Waals surface area contributed by atoms with Crippen LogP contribution in [0.2, 0.25) is 0 Å². The summed E-state index contributed by atoms with van der Waals surface area (Å²) in [4.78, 5) is 11.8. The zero-order chi connectivity index (χ0) is 19.9. The van der Waals surface area contributed by atoms with Crippen LogP contribution in [0.5, 0.6) is 11.5 Å². The Kier molecular flexibility index (Phi) is 6.17. The number of carboxylic acid groups (broad SMARTS) is 1. The van der Waals surface area contributed by atoms with Gasteiger partial charge < -0.3 is 19.9 Å². The highest BCUT2D eigenvalue weighted by atomic mass is 16.5. The van der Waals surface area contributed by atoms with Crippen LogP contribution < -0.4 is 14.8 Å². The highest BCUT2D eigenvalue weighted by molar-refractivity contribution is 5.79. The van der Waals surface area contributed by atoms with Gasteiger partial charge in [-0.25, -0.2) is 4.79 Å². The Balaban J connectivity index is 1.80. The quantitative estimate of drug-likeness (QED) is 0.606. The van der Waals surface area contributed by atoms with E-state index in [1.807, 2.05) is 60.7 Å². The van der Waals surface area contributed by atoms with Gasteiger partial charge >= 0.3 is 5.97 Å². The van der Waals surface area contributed by atoms with Crippen molar-refractivity contribution in [1.29, 1.82) is 0 Å². The maximum atomic E-state index is 11.8. The molecule has 2 N–H and O–H groups in total. The van der Waals surface area contributed by atoms with Crippen molar-refractivity contribution in [3.05, 3.63) is 78.4 Å². The molecule has 0 spiro atoms. The van der Waals surface area contributed by atoms with E-state index in [4.69, 9.17) is 9.47 Å². The van der Waals surface area contributed by atoms with E-state index in [1.165, 1.54) is 0 Å². The summed E-state index contributed by atoms with van der Waals surface area (Å²) in [6, 6.07) is 22.4. The van der Waals surface area contributed by atoms with Crippen molar-refractivity contribution < 1.29 is 19.4 Å². The Bertz CT molecular complexity index is 940. The van der Waals surface area contributed by atoms with Crippen LogP contribution in [0, 0.1) is 0 Å². The summed E-state index contributed by atoms with van der Waals surface area (Å²) >= 11 is 0. The lowest BCUT2D eigenvalue weighted by Gasteiger charge is -2.17. The molecular weight excluding hydrogens is 354 g/mol. The zero-order valence-corrected chi connectivity index (χ0v) is 15.9. The van der Waals surface area contributed by atoms with Crippen LogP contribution in [0.15, 0.2) is 72.8 Å². The number of hydrogen-bond donors (Lipinski definition) is 2. The predicted molar refractivity (Wildman–Crippen MR) is 110 cm³/mol. The molecule has 1 atom stereocenters. The van der Waals surface area contributed by atoms with Gasteiger partial charge in [0.2, 0.25) is 0 Å². The molecule has 0 aliphatic heterocycles. The summed E-state index contributed by atoms with van der Waals surface area (Å²) in [5.74, 6) is 0.275. The molecule has 28 heavy (non-hydrogen) atoms. The first-order valence-electron chi connectivity index (χ1n) is 8.96. The average Bonchev–Trinajstić information content (AvgIpc) is 2.74. The normalized spacial score (nSPS) is 11.5. The lowest BCUT2D eigenvalue weighted by Crippen LogP contribution is -2.31. The molecule has 0 aliphatic rings. The topological polar surface area (TPSA) is 67.8 Å². The molecule has 0 heterocycles. The van der Waals surface area contributed by atoms with E-state index in [1.54, 1.807) is 26.4 Å². The lowest BCUT2D eigenvalue weighted by molar-refractivity contribution is -0.137. The van der Waals surface area contributed by atoms with Crippen LogP contribution in [0.1, 0.15) is 5.56 Å². The van der Waals surface area contributed by atoms with E-state index in [0.29, 0.717) is 17.9 Å². The van der Waals surface area contributed by atoms with Crippen molar-refractivity contribution in [2.24, 2.45) is 0 Å². The highest BCUT2D eigenvalue weighted by Crippen LogP contribution is 2.28. The first-order chi connectivity index (χ1) is 13.6. The smallest absolute Gasteiger partial charge is 0.326 e. The minimum Gasteiger partial charge on any atom is -0.493 e. The zero-order valence-electron chi connectivity index (χ0n) is 15.9. The highest BCUT2D eigenvalue weighted by Gasteiger charge is 2.19. The van der Waals surface area contributed by atoms with E-state index < -0.39 is 12.0 Å². The Hall–Kier alpha value is -3.47. The van der Waals surface area contributed by atoms with Gasteiger partial charge in [0.05, 0.1) is 14.2 Å². The van der Waals surface area contributed by atoms with Crippen LogP contribution in [0.3, 0.4) is 0 Å². The van der Waals surface area contributed by atoms with Gasteiger partial charge in [0.25, 0.3) is 0 Å². The van der Waals surface area contributed by atoms with Crippen molar-refractivity contribution in [1.82, 2.24) is 0 Å². The van der Waals surface area contributed by atoms with Gasteiger partial charge in [-0.05, 0) is 41.0 Å². The maximum absolute atomic E-state index is 11.8. The SMILES string of the molecule is COc1ccc(C[C@H](Nc2cccc(-c3ccccc3)c2)C(=O)O)cc1OC. The number of carboxylic acids is 1. The van der Waals surface area contributed by atoms with Crippen molar-refractivity contribution in [2.75, 3.05) is 19.5 Å². The number of anilines is 1. The minimum atomic E-state index is -0.917. The van der Waals surface area contributed by atoms with Gasteiger partial charge in [0.15, 0.2) is 11.5 Å². The molecule has 0 radical (unpaired) electrons. The average molecular weight is 377 g/mol. The third-order valence-corrected chi connectivity index (χ3v) is 4.50. The fourth-order valence-corrected chi connectivity index (χ4v) is 3.06. The summed E-state index contributed by atoms with van der Waals surface area (Å²) in [7, 11) is 3.13. The molecule has 3 aromatic carbocycles. The van der Waals surface area contributed by atoms with Crippen LogP contribution in [0.25, 0.3) is 11.1 Å². The van der Waals surface area contributed by atoms with Crippen LogP contribution in [-0.2, 0) is 11.2 Å². The maximum Gasteiger partial charge on any atom is 0.326 e. The summed E-state index contributed by atoms with van der Waals surface area (Å²) in [5, 5.41) is 12.8. The third-order valence-electron chi connectivity index (χ3n) is 4.50. The van der Waals surface area contributed by atoms with Crippen molar-refractivity contribution in [3.63, 3.8) is 0 Å².